The van der Waals surface area contributed by atoms with Crippen molar-refractivity contribution in [2.75, 3.05) is 13.7 Å². The Balaban J connectivity index is 1.60. The van der Waals surface area contributed by atoms with Gasteiger partial charge in [-0.05, 0) is 53.6 Å². The maximum Gasteiger partial charge on any atom is 0.281 e. The van der Waals surface area contributed by atoms with E-state index in [1.54, 1.807) is 25.3 Å². The van der Waals surface area contributed by atoms with Crippen LogP contribution in [0.25, 0.3) is 0 Å². The summed E-state index contributed by atoms with van der Waals surface area (Å²) in [7, 11) is 1.61. The number of nitrogens with zero attached hydrogens (tertiary/aromatic N) is 2. The number of hydrogen-bond donors (Lipinski definition) is 0. The largest absolute Gasteiger partial charge is 0.497 e. The normalized spacial score (nSPS) is 15.2. The van der Waals surface area contributed by atoms with Gasteiger partial charge >= 0.3 is 0 Å². The van der Waals surface area contributed by atoms with Crippen LogP contribution in [0.3, 0.4) is 0 Å². The van der Waals surface area contributed by atoms with E-state index in [4.69, 9.17) is 9.47 Å². The Morgan fingerprint density at radius 2 is 1.85 bits per heavy atom. The predicted octanol–water partition coefficient (Wildman–Crippen LogP) is 5.79. The number of halogens is 2. The van der Waals surface area contributed by atoms with Crippen LogP contribution in [-0.2, 0) is 4.79 Å². The summed E-state index contributed by atoms with van der Waals surface area (Å²) in [5.74, 6) is 0.779. The summed E-state index contributed by atoms with van der Waals surface area (Å²) >= 11 is 6.83. The number of benzene rings is 3. The molecule has 0 aliphatic carbocycles. The molecule has 0 saturated heterocycles. The molecule has 4 rings (SSSR count). The quantitative estimate of drug-likeness (QED) is 0.337. The first kappa shape index (κ1) is 23.2. The van der Waals surface area contributed by atoms with Crippen molar-refractivity contribution < 1.29 is 19.1 Å². The molecule has 168 valence electrons. The van der Waals surface area contributed by atoms with Crippen molar-refractivity contribution in [3.63, 3.8) is 0 Å². The Bertz CT molecular complexity index is 1210. The standard InChI is InChI=1S/C25H20Br2N2O4/c1-32-21-8-5-16(6-9-21)23-13-22(17-3-2-4-19(26)11-17)28-29(23)25(31)15-33-24-10-7-20(27)12-18(24)14-30/h2-12,14,23H,13,15H2,1H3. The molecule has 1 atom stereocenters. The molecule has 0 spiro atoms. The molecular formula is C25H20Br2N2O4. The first-order valence-corrected chi connectivity index (χ1v) is 11.7. The van der Waals surface area contributed by atoms with E-state index in [0.717, 1.165) is 31.5 Å². The molecule has 1 heterocycles. The van der Waals surface area contributed by atoms with Gasteiger partial charge in [0.25, 0.3) is 5.91 Å². The number of hydrogen-bond acceptors (Lipinski definition) is 5. The third-order valence-corrected chi connectivity index (χ3v) is 6.26. The Morgan fingerprint density at radius 3 is 2.55 bits per heavy atom. The van der Waals surface area contributed by atoms with Crippen LogP contribution in [0.5, 0.6) is 11.5 Å². The highest BCUT2D eigenvalue weighted by atomic mass is 79.9. The summed E-state index contributed by atoms with van der Waals surface area (Å²) in [6.07, 6.45) is 1.26. The summed E-state index contributed by atoms with van der Waals surface area (Å²) in [6, 6.07) is 20.2. The predicted molar refractivity (Wildman–Crippen MR) is 133 cm³/mol. The minimum atomic E-state index is -0.305. The van der Waals surface area contributed by atoms with Gasteiger partial charge < -0.3 is 9.47 Å². The third-order valence-electron chi connectivity index (χ3n) is 5.27. The molecule has 0 saturated carbocycles. The van der Waals surface area contributed by atoms with Gasteiger partial charge in [0.15, 0.2) is 12.9 Å². The Kier molecular flexibility index (Phi) is 7.25. The van der Waals surface area contributed by atoms with E-state index in [0.29, 0.717) is 24.0 Å². The van der Waals surface area contributed by atoms with Crippen LogP contribution >= 0.6 is 31.9 Å². The topological polar surface area (TPSA) is 68.2 Å². The van der Waals surface area contributed by atoms with Crippen LogP contribution in [0.15, 0.2) is 80.8 Å². The van der Waals surface area contributed by atoms with E-state index < -0.39 is 0 Å². The van der Waals surface area contributed by atoms with Crippen LogP contribution < -0.4 is 9.47 Å². The molecule has 1 aliphatic heterocycles. The van der Waals surface area contributed by atoms with E-state index in [2.05, 4.69) is 37.0 Å². The lowest BCUT2D eigenvalue weighted by Crippen LogP contribution is -2.31. The van der Waals surface area contributed by atoms with E-state index >= 15 is 0 Å². The fraction of sp³-hybridized carbons (Fsp3) is 0.160. The summed E-state index contributed by atoms with van der Waals surface area (Å²) in [6.45, 7) is -0.246. The molecular weight excluding hydrogens is 552 g/mol. The van der Waals surface area contributed by atoms with Crippen molar-refractivity contribution in [1.29, 1.82) is 0 Å². The molecule has 0 bridgehead atoms. The number of rotatable bonds is 7. The Labute approximate surface area is 208 Å². The van der Waals surface area contributed by atoms with Crippen LogP contribution in [0.2, 0.25) is 0 Å². The van der Waals surface area contributed by atoms with Crippen LogP contribution in [0.1, 0.15) is 33.9 Å². The van der Waals surface area contributed by atoms with Gasteiger partial charge in [0.1, 0.15) is 11.5 Å². The highest BCUT2D eigenvalue weighted by molar-refractivity contribution is 9.10. The van der Waals surface area contributed by atoms with Gasteiger partial charge in [-0.1, -0.05) is 56.1 Å². The lowest BCUT2D eigenvalue weighted by Gasteiger charge is -2.22. The van der Waals surface area contributed by atoms with E-state index in [-0.39, 0.29) is 18.6 Å². The molecule has 0 fully saturated rings. The molecule has 1 amide bonds. The van der Waals surface area contributed by atoms with E-state index in [1.807, 2.05) is 48.5 Å². The number of carbonyl (C=O) groups is 2. The van der Waals surface area contributed by atoms with Gasteiger partial charge in [-0.3, -0.25) is 9.59 Å². The highest BCUT2D eigenvalue weighted by Gasteiger charge is 2.33. The minimum Gasteiger partial charge on any atom is -0.497 e. The van der Waals surface area contributed by atoms with Crippen molar-refractivity contribution in [1.82, 2.24) is 5.01 Å². The van der Waals surface area contributed by atoms with Gasteiger partial charge in [-0.2, -0.15) is 5.10 Å². The molecule has 6 nitrogen and oxygen atoms in total. The number of aldehydes is 1. The van der Waals surface area contributed by atoms with Crippen LogP contribution in [0, 0.1) is 0 Å². The summed E-state index contributed by atoms with van der Waals surface area (Å²) in [4.78, 5) is 24.6. The molecule has 3 aromatic rings. The first-order valence-electron chi connectivity index (χ1n) is 10.2. The van der Waals surface area contributed by atoms with E-state index in [1.165, 1.54) is 5.01 Å². The summed E-state index contributed by atoms with van der Waals surface area (Å²) < 4.78 is 12.7. The fourth-order valence-electron chi connectivity index (χ4n) is 3.62. The lowest BCUT2D eigenvalue weighted by molar-refractivity contribution is -0.135. The molecule has 3 aromatic carbocycles. The molecule has 1 aliphatic rings. The van der Waals surface area contributed by atoms with Crippen molar-refractivity contribution in [2.45, 2.75) is 12.5 Å². The average molecular weight is 572 g/mol. The second-order valence-corrected chi connectivity index (χ2v) is 9.21. The number of ether oxygens (including phenoxy) is 2. The number of hydrazone groups is 1. The lowest BCUT2D eigenvalue weighted by atomic mass is 9.98. The van der Waals surface area contributed by atoms with Crippen molar-refractivity contribution in [3.8, 4) is 11.5 Å². The summed E-state index contributed by atoms with van der Waals surface area (Å²) in [5.41, 5.74) is 3.05. The smallest absolute Gasteiger partial charge is 0.281 e. The Hall–Kier alpha value is -2.97. The molecule has 0 N–H and O–H groups in total. The van der Waals surface area contributed by atoms with Gasteiger partial charge in [0, 0.05) is 15.4 Å². The number of methoxy groups -OCH3 is 1. The Morgan fingerprint density at radius 1 is 1.09 bits per heavy atom. The number of carbonyl (C=O) groups excluding carboxylic acids is 2. The third kappa shape index (κ3) is 5.34. The zero-order chi connectivity index (χ0) is 23.4. The van der Waals surface area contributed by atoms with E-state index in [9.17, 15) is 9.59 Å². The SMILES string of the molecule is COc1ccc(C2CC(c3cccc(Br)c3)=NN2C(=O)COc2ccc(Br)cc2C=O)cc1. The molecule has 1 unspecified atom stereocenters. The molecule has 0 radical (unpaired) electrons. The maximum atomic E-state index is 13.2. The minimum absolute atomic E-state index is 0.246. The maximum absolute atomic E-state index is 13.2. The van der Waals surface area contributed by atoms with Crippen molar-refractivity contribution >= 4 is 49.8 Å². The van der Waals surface area contributed by atoms with Crippen LogP contribution in [0.4, 0.5) is 0 Å². The van der Waals surface area contributed by atoms with Gasteiger partial charge in [-0.25, -0.2) is 5.01 Å². The second-order valence-electron chi connectivity index (χ2n) is 7.38. The molecule has 8 heteroatoms. The molecule has 33 heavy (non-hydrogen) atoms. The van der Waals surface area contributed by atoms with Crippen LogP contribution in [-0.4, -0.2) is 36.6 Å². The second kappa shape index (κ2) is 10.3. The van der Waals surface area contributed by atoms with Crippen molar-refractivity contribution in [2.24, 2.45) is 5.10 Å². The van der Waals surface area contributed by atoms with Gasteiger partial charge in [-0.15, -0.1) is 0 Å². The van der Waals surface area contributed by atoms with Gasteiger partial charge in [0.2, 0.25) is 0 Å². The monoisotopic (exact) mass is 570 g/mol. The average Bonchev–Trinajstić information content (AvgIpc) is 3.29. The first-order chi connectivity index (χ1) is 16.0. The zero-order valence-electron chi connectivity index (χ0n) is 17.7. The fourth-order valence-corrected chi connectivity index (χ4v) is 4.39. The van der Waals surface area contributed by atoms with Gasteiger partial charge in [0.05, 0.1) is 24.4 Å². The highest BCUT2D eigenvalue weighted by Crippen LogP contribution is 2.34. The number of amides is 1. The zero-order valence-corrected chi connectivity index (χ0v) is 20.9. The van der Waals surface area contributed by atoms with Crippen molar-refractivity contribution in [3.05, 3.63) is 92.4 Å². The molecule has 0 aromatic heterocycles. The summed E-state index contributed by atoms with van der Waals surface area (Å²) in [5, 5.41) is 6.13.